The van der Waals surface area contributed by atoms with E-state index in [1.54, 1.807) is 6.33 Å². The Morgan fingerprint density at radius 2 is 2.44 bits per heavy atom. The first-order chi connectivity index (χ1) is 7.83. The van der Waals surface area contributed by atoms with Gasteiger partial charge in [0.05, 0.1) is 0 Å². The Kier molecular flexibility index (Phi) is 2.41. The molecule has 16 heavy (non-hydrogen) atoms. The summed E-state index contributed by atoms with van der Waals surface area (Å²) < 4.78 is 0. The third-order valence-corrected chi connectivity index (χ3v) is 5.01. The van der Waals surface area contributed by atoms with Gasteiger partial charge in [-0.2, -0.15) is 0 Å². The maximum atomic E-state index is 5.65. The normalized spacial score (nSPS) is 20.4. The van der Waals surface area contributed by atoms with Crippen molar-refractivity contribution in [1.29, 1.82) is 0 Å². The summed E-state index contributed by atoms with van der Waals surface area (Å²) in [5.74, 6) is 1.05. The molecule has 1 atom stereocenters. The summed E-state index contributed by atoms with van der Waals surface area (Å²) in [5.41, 5.74) is 7.11. The van der Waals surface area contributed by atoms with Crippen molar-refractivity contribution in [1.82, 2.24) is 19.9 Å². The number of aromatic nitrogens is 4. The fourth-order valence-electron chi connectivity index (χ4n) is 1.80. The van der Waals surface area contributed by atoms with E-state index in [1.165, 1.54) is 17.1 Å². The Bertz CT molecular complexity index is 504. The van der Waals surface area contributed by atoms with Crippen molar-refractivity contribution in [2.75, 3.05) is 11.1 Å². The van der Waals surface area contributed by atoms with Gasteiger partial charge in [-0.1, -0.05) is 0 Å². The molecule has 1 fully saturated rings. The van der Waals surface area contributed by atoms with Crippen LogP contribution in [0.2, 0.25) is 10.6 Å². The summed E-state index contributed by atoms with van der Waals surface area (Å²) in [5, 5.41) is 6.03. The molecular weight excluding hydrogens is 271 g/mol. The fourth-order valence-corrected chi connectivity index (χ4v) is 4.21. The molecule has 2 aromatic heterocycles. The predicted molar refractivity (Wildman–Crippen MR) is 63.5 cm³/mol. The summed E-state index contributed by atoms with van der Waals surface area (Å²) in [7, 11) is 0. The van der Waals surface area contributed by atoms with Gasteiger partial charge in [0, 0.05) is 0 Å². The molecule has 1 aliphatic heterocycles. The molecule has 0 radical (unpaired) electrons. The van der Waals surface area contributed by atoms with Gasteiger partial charge in [-0.15, -0.1) is 0 Å². The summed E-state index contributed by atoms with van der Waals surface area (Å²) in [6.45, 7) is 0. The summed E-state index contributed by atoms with van der Waals surface area (Å²) in [6.07, 6.45) is 2.84. The molecule has 4 N–H and O–H groups in total. The van der Waals surface area contributed by atoms with Crippen LogP contribution in [-0.4, -0.2) is 40.9 Å². The van der Waals surface area contributed by atoms with E-state index in [4.69, 9.17) is 5.73 Å². The molecule has 0 aromatic carbocycles. The standard InChI is InChI=1S/C9H12N6Se/c10-9-14-7-6(11-4-12-7)8(15-9)13-5-1-2-16-3-5/h4-5H,1-3H2,(H4,10,11,12,13,14,15). The number of nitrogens with two attached hydrogens (primary N) is 1. The average molecular weight is 283 g/mol. The number of anilines is 2. The van der Waals surface area contributed by atoms with Gasteiger partial charge in [0.1, 0.15) is 0 Å². The van der Waals surface area contributed by atoms with Crippen molar-refractivity contribution >= 4 is 37.9 Å². The van der Waals surface area contributed by atoms with E-state index in [0.717, 1.165) is 26.3 Å². The van der Waals surface area contributed by atoms with Gasteiger partial charge < -0.3 is 0 Å². The van der Waals surface area contributed by atoms with Crippen molar-refractivity contribution in [3.05, 3.63) is 6.33 Å². The molecule has 0 saturated carbocycles. The molecule has 0 bridgehead atoms. The van der Waals surface area contributed by atoms with Gasteiger partial charge in [0.25, 0.3) is 0 Å². The van der Waals surface area contributed by atoms with Crippen LogP contribution in [0.4, 0.5) is 11.8 Å². The van der Waals surface area contributed by atoms with Crippen LogP contribution in [0.5, 0.6) is 0 Å². The Labute approximate surface area is 98.6 Å². The minimum atomic E-state index is 0.269. The molecule has 0 aliphatic carbocycles. The quantitative estimate of drug-likeness (QED) is 0.704. The maximum absolute atomic E-state index is 5.65. The first kappa shape index (κ1) is 9.86. The summed E-state index contributed by atoms with van der Waals surface area (Å²) in [4.78, 5) is 15.4. The van der Waals surface area contributed by atoms with Gasteiger partial charge in [0.2, 0.25) is 0 Å². The second kappa shape index (κ2) is 3.92. The van der Waals surface area contributed by atoms with E-state index in [1.807, 2.05) is 0 Å². The van der Waals surface area contributed by atoms with Crippen LogP contribution in [0.25, 0.3) is 11.2 Å². The molecule has 6 nitrogen and oxygen atoms in total. The van der Waals surface area contributed by atoms with E-state index in [9.17, 15) is 0 Å². The zero-order chi connectivity index (χ0) is 11.0. The topological polar surface area (TPSA) is 92.5 Å². The number of hydrogen-bond donors (Lipinski definition) is 3. The van der Waals surface area contributed by atoms with Crippen LogP contribution < -0.4 is 11.1 Å². The van der Waals surface area contributed by atoms with Crippen molar-refractivity contribution in [2.24, 2.45) is 0 Å². The Morgan fingerprint density at radius 1 is 1.50 bits per heavy atom. The van der Waals surface area contributed by atoms with Gasteiger partial charge in [-0.3, -0.25) is 0 Å². The number of H-pyrrole nitrogens is 1. The molecule has 7 heteroatoms. The fraction of sp³-hybridized carbons (Fsp3) is 0.444. The van der Waals surface area contributed by atoms with Gasteiger partial charge in [0.15, 0.2) is 0 Å². The number of nitrogens with one attached hydrogen (secondary N) is 2. The second-order valence-electron chi connectivity index (χ2n) is 3.74. The number of nitrogen functional groups attached to an aromatic ring is 1. The molecule has 1 saturated heterocycles. The molecule has 1 unspecified atom stereocenters. The van der Waals surface area contributed by atoms with Crippen LogP contribution in [0.15, 0.2) is 6.33 Å². The predicted octanol–water partition coefficient (Wildman–Crippen LogP) is 0.660. The molecule has 3 rings (SSSR count). The molecule has 3 heterocycles. The van der Waals surface area contributed by atoms with E-state index < -0.39 is 0 Å². The van der Waals surface area contributed by atoms with Crippen LogP contribution in [0, 0.1) is 0 Å². The van der Waals surface area contributed by atoms with Crippen molar-refractivity contribution in [3.63, 3.8) is 0 Å². The molecule has 0 amide bonds. The monoisotopic (exact) mass is 284 g/mol. The first-order valence-corrected chi connectivity index (χ1v) is 7.56. The van der Waals surface area contributed by atoms with Crippen LogP contribution >= 0.6 is 0 Å². The van der Waals surface area contributed by atoms with Crippen LogP contribution in [-0.2, 0) is 0 Å². The average Bonchev–Trinajstić information content (AvgIpc) is 2.87. The third-order valence-electron chi connectivity index (χ3n) is 2.57. The number of aromatic amines is 1. The van der Waals surface area contributed by atoms with Crippen molar-refractivity contribution in [3.8, 4) is 0 Å². The number of fused-ring (bicyclic) bond motifs is 1. The van der Waals surface area contributed by atoms with Gasteiger partial charge >= 0.3 is 98.3 Å². The van der Waals surface area contributed by atoms with E-state index in [0.29, 0.717) is 11.7 Å². The Morgan fingerprint density at radius 3 is 3.25 bits per heavy atom. The summed E-state index contributed by atoms with van der Waals surface area (Å²) in [6, 6.07) is 0.529. The van der Waals surface area contributed by atoms with E-state index >= 15 is 0 Å². The van der Waals surface area contributed by atoms with Crippen LogP contribution in [0.3, 0.4) is 0 Å². The molecule has 2 aromatic rings. The Hall–Kier alpha value is -1.33. The second-order valence-corrected chi connectivity index (χ2v) is 6.15. The number of imidazole rings is 1. The molecule has 0 spiro atoms. The van der Waals surface area contributed by atoms with Gasteiger partial charge in [-0.05, 0) is 0 Å². The molecular formula is C9H12N6Se. The van der Waals surface area contributed by atoms with Crippen molar-refractivity contribution < 1.29 is 0 Å². The zero-order valence-corrected chi connectivity index (χ0v) is 10.3. The van der Waals surface area contributed by atoms with Gasteiger partial charge in [-0.25, -0.2) is 0 Å². The number of rotatable bonds is 2. The molecule has 1 aliphatic rings. The van der Waals surface area contributed by atoms with E-state index in [-0.39, 0.29) is 5.95 Å². The number of hydrogen-bond acceptors (Lipinski definition) is 5. The number of nitrogens with zero attached hydrogens (tertiary/aromatic N) is 3. The SMILES string of the molecule is Nc1nc(NC2CC[Se]C2)c2[nH]cnc2n1. The summed E-state index contributed by atoms with van der Waals surface area (Å²) >= 11 is 0.781. The minimum absolute atomic E-state index is 0.269. The first-order valence-electron chi connectivity index (χ1n) is 5.14. The van der Waals surface area contributed by atoms with Crippen molar-refractivity contribution in [2.45, 2.75) is 23.1 Å². The molecule has 84 valence electrons. The van der Waals surface area contributed by atoms with Crippen LogP contribution in [0.1, 0.15) is 6.42 Å². The Balaban J connectivity index is 1.97. The third kappa shape index (κ3) is 1.72. The van der Waals surface area contributed by atoms with E-state index in [2.05, 4.69) is 25.3 Å². The zero-order valence-electron chi connectivity index (χ0n) is 8.60.